The quantitative estimate of drug-likeness (QED) is 0.316. The topological polar surface area (TPSA) is 74.2 Å². The highest BCUT2D eigenvalue weighted by molar-refractivity contribution is 6.32. The van der Waals surface area contributed by atoms with Gasteiger partial charge in [-0.25, -0.2) is 4.79 Å². The third-order valence-corrected chi connectivity index (χ3v) is 5.53. The Kier molecular flexibility index (Phi) is 7.51. The minimum atomic E-state index is -4.78. The normalized spacial score (nSPS) is 17.4. The minimum Gasteiger partial charge on any atom is -0.492 e. The van der Waals surface area contributed by atoms with Gasteiger partial charge >= 0.3 is 12.5 Å². The molecule has 6 nitrogen and oxygen atoms in total. The Morgan fingerprint density at radius 3 is 2.61 bits per heavy atom. The maximum Gasteiger partial charge on any atom is 0.573 e. The molecule has 180 valence electrons. The van der Waals surface area contributed by atoms with E-state index in [1.54, 1.807) is 0 Å². The predicted molar refractivity (Wildman–Crippen MR) is 114 cm³/mol. The van der Waals surface area contributed by atoms with Crippen LogP contribution < -0.4 is 14.2 Å². The fourth-order valence-corrected chi connectivity index (χ4v) is 3.79. The highest BCUT2D eigenvalue weighted by atomic mass is 35.5. The fourth-order valence-electron chi connectivity index (χ4n) is 3.57. The summed E-state index contributed by atoms with van der Waals surface area (Å²) in [5, 5.41) is 9.11. The minimum absolute atomic E-state index is 0.0348. The lowest BCUT2D eigenvalue weighted by atomic mass is 9.96. The summed E-state index contributed by atoms with van der Waals surface area (Å²) < 4.78 is 57.1. The summed E-state index contributed by atoms with van der Waals surface area (Å²) in [6.07, 6.45) is -3.56. The zero-order valence-corrected chi connectivity index (χ0v) is 18.8. The van der Waals surface area contributed by atoms with Crippen LogP contribution in [-0.4, -0.2) is 30.0 Å². The van der Waals surface area contributed by atoms with Gasteiger partial charge in [-0.05, 0) is 43.0 Å². The average molecular weight is 489 g/mol. The molecule has 0 bridgehead atoms. The Morgan fingerprint density at radius 1 is 1.21 bits per heavy atom. The van der Waals surface area contributed by atoms with Crippen molar-refractivity contribution in [1.82, 2.24) is 0 Å². The number of benzene rings is 2. The highest BCUT2D eigenvalue weighted by Crippen LogP contribution is 2.41. The van der Waals surface area contributed by atoms with Crippen molar-refractivity contribution in [2.45, 2.75) is 51.7 Å². The summed E-state index contributed by atoms with van der Waals surface area (Å²) in [4.78, 5) is 11.1. The lowest BCUT2D eigenvalue weighted by Crippen LogP contribution is -2.44. The summed E-state index contributed by atoms with van der Waals surface area (Å²) >= 11 is 5.97. The SMILES string of the molecule is CC(C)[C@]1(OC(=O)O)Cc2cc(CCCCOc3ccc(OC(F)(F)F)cc3Cl)ccc2O1. The van der Waals surface area contributed by atoms with Crippen LogP contribution in [0.25, 0.3) is 0 Å². The van der Waals surface area contributed by atoms with Crippen LogP contribution in [0, 0.1) is 5.92 Å². The number of halogens is 4. The second kappa shape index (κ2) is 9.99. The maximum absolute atomic E-state index is 12.3. The first-order chi connectivity index (χ1) is 15.5. The van der Waals surface area contributed by atoms with E-state index in [4.69, 9.17) is 30.9 Å². The van der Waals surface area contributed by atoms with Crippen molar-refractivity contribution < 1.29 is 42.0 Å². The summed E-state index contributed by atoms with van der Waals surface area (Å²) in [5.74, 6) is -0.896. The summed E-state index contributed by atoms with van der Waals surface area (Å²) in [6, 6.07) is 9.27. The Morgan fingerprint density at radius 2 is 1.97 bits per heavy atom. The van der Waals surface area contributed by atoms with Crippen molar-refractivity contribution in [3.8, 4) is 17.2 Å². The van der Waals surface area contributed by atoms with E-state index in [1.165, 1.54) is 6.07 Å². The Balaban J connectivity index is 1.48. The van der Waals surface area contributed by atoms with Crippen molar-refractivity contribution in [2.75, 3.05) is 6.61 Å². The summed E-state index contributed by atoms with van der Waals surface area (Å²) in [6.45, 7) is 4.04. The van der Waals surface area contributed by atoms with E-state index in [0.29, 0.717) is 25.2 Å². The molecule has 2 aromatic rings. The van der Waals surface area contributed by atoms with Crippen LogP contribution in [0.15, 0.2) is 36.4 Å². The largest absolute Gasteiger partial charge is 0.573 e. The van der Waals surface area contributed by atoms with Crippen LogP contribution in [0.4, 0.5) is 18.0 Å². The van der Waals surface area contributed by atoms with Crippen molar-refractivity contribution in [1.29, 1.82) is 0 Å². The van der Waals surface area contributed by atoms with E-state index >= 15 is 0 Å². The van der Waals surface area contributed by atoms with Crippen molar-refractivity contribution in [3.05, 3.63) is 52.5 Å². The Bertz CT molecular complexity index is 995. The third-order valence-electron chi connectivity index (χ3n) is 5.24. The van der Waals surface area contributed by atoms with Crippen molar-refractivity contribution in [3.63, 3.8) is 0 Å². The van der Waals surface area contributed by atoms with Gasteiger partial charge in [0.2, 0.25) is 0 Å². The van der Waals surface area contributed by atoms with Gasteiger partial charge < -0.3 is 24.1 Å². The molecule has 2 aromatic carbocycles. The van der Waals surface area contributed by atoms with Gasteiger partial charge in [0.25, 0.3) is 5.79 Å². The van der Waals surface area contributed by atoms with E-state index in [-0.39, 0.29) is 16.7 Å². The van der Waals surface area contributed by atoms with E-state index in [0.717, 1.165) is 36.1 Å². The van der Waals surface area contributed by atoms with Crippen molar-refractivity contribution in [2.24, 2.45) is 5.92 Å². The van der Waals surface area contributed by atoms with Gasteiger partial charge in [-0.1, -0.05) is 37.6 Å². The number of rotatable bonds is 9. The molecule has 0 aromatic heterocycles. The number of hydrogen-bond donors (Lipinski definition) is 1. The van der Waals surface area contributed by atoms with Crippen molar-refractivity contribution >= 4 is 17.8 Å². The van der Waals surface area contributed by atoms with E-state index in [1.807, 2.05) is 32.0 Å². The molecule has 0 aliphatic carbocycles. The van der Waals surface area contributed by atoms with Gasteiger partial charge in [0.1, 0.15) is 17.2 Å². The van der Waals surface area contributed by atoms with E-state index in [2.05, 4.69) is 4.74 Å². The van der Waals surface area contributed by atoms with Crippen LogP contribution in [0.5, 0.6) is 17.2 Å². The van der Waals surface area contributed by atoms with Gasteiger partial charge in [-0.3, -0.25) is 0 Å². The lowest BCUT2D eigenvalue weighted by Gasteiger charge is -2.30. The number of aryl methyl sites for hydroxylation is 1. The van der Waals surface area contributed by atoms with Crippen LogP contribution in [0.2, 0.25) is 5.02 Å². The number of carboxylic acid groups (broad SMARTS) is 1. The van der Waals surface area contributed by atoms with Crippen LogP contribution in [-0.2, 0) is 17.6 Å². The Hall–Kier alpha value is -2.81. The number of fused-ring (bicyclic) bond motifs is 1. The van der Waals surface area contributed by atoms with Gasteiger partial charge in [-0.15, -0.1) is 13.2 Å². The number of alkyl halides is 3. The number of carbonyl (C=O) groups is 1. The summed E-state index contributed by atoms with van der Waals surface area (Å²) in [5.41, 5.74) is 1.96. The monoisotopic (exact) mass is 488 g/mol. The first-order valence-electron chi connectivity index (χ1n) is 10.4. The zero-order valence-electron chi connectivity index (χ0n) is 18.1. The first kappa shape index (κ1) is 24.8. The standard InChI is InChI=1S/C23H24ClF3O6/c1-14(2)22(33-21(28)29)13-16-11-15(6-8-19(16)32-22)5-3-4-10-30-20-9-7-17(12-18(20)24)31-23(25,26)27/h6-9,11-12,14H,3-5,10,13H2,1-2H3,(H,28,29)/t22-/m1/s1. The molecular weight excluding hydrogens is 465 g/mol. The molecule has 1 heterocycles. The lowest BCUT2D eigenvalue weighted by molar-refractivity contribution is -0.274. The number of hydrogen-bond acceptors (Lipinski definition) is 5. The molecular formula is C23H24ClF3O6. The first-order valence-corrected chi connectivity index (χ1v) is 10.8. The van der Waals surface area contributed by atoms with Crippen LogP contribution in [0.3, 0.4) is 0 Å². The second-order valence-electron chi connectivity index (χ2n) is 8.00. The smallest absolute Gasteiger partial charge is 0.492 e. The third kappa shape index (κ3) is 6.60. The van der Waals surface area contributed by atoms with E-state index in [9.17, 15) is 18.0 Å². The number of ether oxygens (including phenoxy) is 4. The summed E-state index contributed by atoms with van der Waals surface area (Å²) in [7, 11) is 0. The molecule has 1 atom stereocenters. The molecule has 0 saturated heterocycles. The van der Waals surface area contributed by atoms with Crippen LogP contribution >= 0.6 is 11.6 Å². The molecule has 0 saturated carbocycles. The molecule has 1 aliphatic rings. The number of unbranched alkanes of at least 4 members (excludes halogenated alkanes) is 1. The highest BCUT2D eigenvalue weighted by Gasteiger charge is 2.46. The van der Waals surface area contributed by atoms with Crippen LogP contribution in [0.1, 0.15) is 37.8 Å². The molecule has 10 heteroatoms. The zero-order chi connectivity index (χ0) is 24.2. The maximum atomic E-state index is 12.3. The van der Waals surface area contributed by atoms with Gasteiger partial charge in [-0.2, -0.15) is 0 Å². The molecule has 3 rings (SSSR count). The fraction of sp³-hybridized carbons (Fsp3) is 0.435. The molecule has 0 unspecified atom stereocenters. The van der Waals surface area contributed by atoms with Gasteiger partial charge in [0.05, 0.1) is 18.1 Å². The predicted octanol–water partition coefficient (Wildman–Crippen LogP) is 6.62. The molecule has 0 amide bonds. The molecule has 1 aliphatic heterocycles. The Labute approximate surface area is 194 Å². The van der Waals surface area contributed by atoms with Gasteiger partial charge in [0, 0.05) is 17.5 Å². The molecule has 33 heavy (non-hydrogen) atoms. The molecule has 0 spiro atoms. The molecule has 0 radical (unpaired) electrons. The van der Waals surface area contributed by atoms with Gasteiger partial charge in [0.15, 0.2) is 0 Å². The average Bonchev–Trinajstić information content (AvgIpc) is 3.06. The second-order valence-corrected chi connectivity index (χ2v) is 8.41. The molecule has 0 fully saturated rings. The van der Waals surface area contributed by atoms with E-state index < -0.39 is 24.1 Å². The molecule has 1 N–H and O–H groups in total.